The Kier molecular flexibility index (Phi) is 7.18. The molecule has 150 valence electrons. The van der Waals surface area contributed by atoms with Crippen LogP contribution in [0.1, 0.15) is 25.7 Å². The lowest BCUT2D eigenvalue weighted by Gasteiger charge is -2.08. The first kappa shape index (κ1) is 20.9. The second-order valence-corrected chi connectivity index (χ2v) is 9.13. The van der Waals surface area contributed by atoms with Crippen LogP contribution in [0, 0.1) is 22.0 Å². The van der Waals surface area contributed by atoms with Gasteiger partial charge in [-0.25, -0.2) is 0 Å². The van der Waals surface area contributed by atoms with Crippen molar-refractivity contribution >= 4 is 54.6 Å². The minimum absolute atomic E-state index is 0.130. The minimum atomic E-state index is -0.361. The molecule has 0 aliphatic heterocycles. The molecule has 4 N–H and O–H groups in total. The maximum atomic E-state index is 10.8. The predicted molar refractivity (Wildman–Crippen MR) is 122 cm³/mol. The number of rotatable bonds is 7. The molecular formula is C20H24Br2N4O2. The Morgan fingerprint density at radius 2 is 1.43 bits per heavy atom. The molecule has 2 aromatic rings. The summed E-state index contributed by atoms with van der Waals surface area (Å²) in [5.74, 6) is 1.58. The summed E-state index contributed by atoms with van der Waals surface area (Å²) in [6.07, 6.45) is 5.20. The number of benzene rings is 2. The van der Waals surface area contributed by atoms with Crippen molar-refractivity contribution in [1.29, 1.82) is 0 Å². The van der Waals surface area contributed by atoms with Crippen LogP contribution in [-0.2, 0) is 0 Å². The highest BCUT2D eigenvalue weighted by Gasteiger charge is 2.22. The van der Waals surface area contributed by atoms with Crippen LogP contribution < -0.4 is 16.4 Å². The van der Waals surface area contributed by atoms with Gasteiger partial charge < -0.3 is 16.4 Å². The number of nitrogen functional groups attached to an aromatic ring is 1. The van der Waals surface area contributed by atoms with E-state index in [9.17, 15) is 10.1 Å². The fourth-order valence-corrected chi connectivity index (χ4v) is 3.38. The van der Waals surface area contributed by atoms with Crippen molar-refractivity contribution in [2.45, 2.75) is 25.7 Å². The van der Waals surface area contributed by atoms with Gasteiger partial charge in [0.15, 0.2) is 0 Å². The van der Waals surface area contributed by atoms with Crippen LogP contribution in [0.25, 0.3) is 0 Å². The molecule has 0 radical (unpaired) electrons. The van der Waals surface area contributed by atoms with E-state index in [1.54, 1.807) is 6.07 Å². The SMILES string of the molecule is Nc1cc(Br)ccc1NCC1CC1.O=[N+]([O-])c1cc(Br)ccc1NCC1CC1. The summed E-state index contributed by atoms with van der Waals surface area (Å²) < 4.78 is 1.76. The number of nitro groups is 1. The first-order valence-corrected chi connectivity index (χ1v) is 11.0. The average Bonchev–Trinajstić information content (AvgIpc) is 3.54. The number of nitro benzene ring substituents is 1. The summed E-state index contributed by atoms with van der Waals surface area (Å²) in [4.78, 5) is 10.4. The third-order valence-corrected chi connectivity index (χ3v) is 5.71. The summed E-state index contributed by atoms with van der Waals surface area (Å²) >= 11 is 6.61. The lowest BCUT2D eigenvalue weighted by Crippen LogP contribution is -2.05. The number of hydrogen-bond acceptors (Lipinski definition) is 5. The first-order chi connectivity index (χ1) is 13.4. The molecule has 2 saturated carbocycles. The molecule has 0 bridgehead atoms. The Hall–Kier alpha value is -1.80. The number of anilines is 3. The summed E-state index contributed by atoms with van der Waals surface area (Å²) in [6, 6.07) is 11.0. The molecule has 0 aromatic heterocycles. The van der Waals surface area contributed by atoms with Crippen molar-refractivity contribution < 1.29 is 4.92 Å². The fourth-order valence-electron chi connectivity index (χ4n) is 2.65. The maximum absolute atomic E-state index is 10.8. The van der Waals surface area contributed by atoms with Crippen molar-refractivity contribution in [2.75, 3.05) is 29.5 Å². The fraction of sp³-hybridized carbons (Fsp3) is 0.400. The van der Waals surface area contributed by atoms with E-state index in [0.29, 0.717) is 11.6 Å². The molecule has 6 nitrogen and oxygen atoms in total. The zero-order valence-electron chi connectivity index (χ0n) is 15.5. The van der Waals surface area contributed by atoms with Crippen molar-refractivity contribution in [3.63, 3.8) is 0 Å². The second-order valence-electron chi connectivity index (χ2n) is 7.30. The topological polar surface area (TPSA) is 93.2 Å². The van der Waals surface area contributed by atoms with E-state index >= 15 is 0 Å². The van der Waals surface area contributed by atoms with Crippen LogP contribution in [0.3, 0.4) is 0 Å². The van der Waals surface area contributed by atoms with Crippen molar-refractivity contribution in [3.05, 3.63) is 55.5 Å². The second kappa shape index (κ2) is 9.60. The van der Waals surface area contributed by atoms with E-state index in [2.05, 4.69) is 42.5 Å². The van der Waals surface area contributed by atoms with Gasteiger partial charge >= 0.3 is 0 Å². The van der Waals surface area contributed by atoms with Crippen LogP contribution in [-0.4, -0.2) is 18.0 Å². The molecule has 0 atom stereocenters. The number of nitrogens with zero attached hydrogens (tertiary/aromatic N) is 1. The summed E-state index contributed by atoms with van der Waals surface area (Å²) in [5, 5.41) is 17.3. The lowest BCUT2D eigenvalue weighted by atomic mass is 10.2. The summed E-state index contributed by atoms with van der Waals surface area (Å²) in [5.41, 5.74) is 8.44. The van der Waals surface area contributed by atoms with Crippen LogP contribution in [0.4, 0.5) is 22.7 Å². The monoisotopic (exact) mass is 510 g/mol. The van der Waals surface area contributed by atoms with Gasteiger partial charge in [-0.2, -0.15) is 0 Å². The Labute approximate surface area is 181 Å². The van der Waals surface area contributed by atoms with Gasteiger partial charge in [0.1, 0.15) is 5.69 Å². The molecule has 0 amide bonds. The number of nitrogens with two attached hydrogens (primary N) is 1. The number of nitrogens with one attached hydrogen (secondary N) is 2. The van der Waals surface area contributed by atoms with Crippen molar-refractivity contribution in [2.24, 2.45) is 11.8 Å². The van der Waals surface area contributed by atoms with Crippen molar-refractivity contribution in [1.82, 2.24) is 0 Å². The van der Waals surface area contributed by atoms with Crippen LogP contribution >= 0.6 is 31.9 Å². The van der Waals surface area contributed by atoms with Gasteiger partial charge in [0, 0.05) is 28.1 Å². The normalized spacial score (nSPS) is 15.4. The molecule has 2 aliphatic rings. The Bertz CT molecular complexity index is 839. The van der Waals surface area contributed by atoms with E-state index in [1.165, 1.54) is 31.7 Å². The quantitative estimate of drug-likeness (QED) is 0.239. The van der Waals surface area contributed by atoms with Crippen molar-refractivity contribution in [3.8, 4) is 0 Å². The largest absolute Gasteiger partial charge is 0.397 e. The van der Waals surface area contributed by atoms with Crippen LogP contribution in [0.15, 0.2) is 45.3 Å². The molecule has 0 spiro atoms. The molecule has 4 rings (SSSR count). The molecule has 8 heteroatoms. The first-order valence-electron chi connectivity index (χ1n) is 9.39. The highest BCUT2D eigenvalue weighted by Crippen LogP contribution is 2.32. The van der Waals surface area contributed by atoms with Gasteiger partial charge in [-0.3, -0.25) is 10.1 Å². The van der Waals surface area contributed by atoms with Crippen LogP contribution in [0.5, 0.6) is 0 Å². The highest BCUT2D eigenvalue weighted by atomic mass is 79.9. The lowest BCUT2D eigenvalue weighted by molar-refractivity contribution is -0.384. The molecule has 2 aromatic carbocycles. The predicted octanol–water partition coefficient (Wildman–Crippen LogP) is 6.03. The number of halogens is 2. The molecule has 2 fully saturated rings. The minimum Gasteiger partial charge on any atom is -0.397 e. The Morgan fingerprint density at radius 1 is 0.929 bits per heavy atom. The van der Waals surface area contributed by atoms with Gasteiger partial charge in [-0.1, -0.05) is 31.9 Å². The Balaban J connectivity index is 0.000000162. The van der Waals surface area contributed by atoms with E-state index in [-0.39, 0.29) is 10.6 Å². The molecule has 0 heterocycles. The zero-order chi connectivity index (χ0) is 20.1. The maximum Gasteiger partial charge on any atom is 0.293 e. The standard InChI is InChI=1S/C10H11BrN2O2.C10H13BrN2/c11-8-3-4-9(10(5-8)13(14)15)12-6-7-1-2-7;11-8-3-4-10(9(12)5-8)13-6-7-1-2-7/h3-5,7,12H,1-2,6H2;3-5,7,13H,1-2,6,12H2. The van der Waals surface area contributed by atoms with Gasteiger partial charge in [-0.05, 0) is 67.9 Å². The third kappa shape index (κ3) is 6.67. The molecule has 28 heavy (non-hydrogen) atoms. The van der Waals surface area contributed by atoms with Crippen LogP contribution in [0.2, 0.25) is 0 Å². The highest BCUT2D eigenvalue weighted by molar-refractivity contribution is 9.10. The van der Waals surface area contributed by atoms with Gasteiger partial charge in [-0.15, -0.1) is 0 Å². The molecular weight excluding hydrogens is 488 g/mol. The van der Waals surface area contributed by atoms with E-state index in [4.69, 9.17) is 5.73 Å². The summed E-state index contributed by atoms with van der Waals surface area (Å²) in [6.45, 7) is 1.90. The molecule has 0 unspecified atom stereocenters. The Morgan fingerprint density at radius 3 is 1.93 bits per heavy atom. The third-order valence-electron chi connectivity index (χ3n) is 4.73. The molecule has 0 saturated heterocycles. The zero-order valence-corrected chi connectivity index (χ0v) is 18.6. The smallest absolute Gasteiger partial charge is 0.293 e. The van der Waals surface area contributed by atoms with E-state index in [1.807, 2.05) is 24.3 Å². The molecule has 2 aliphatic carbocycles. The van der Waals surface area contributed by atoms with Gasteiger partial charge in [0.2, 0.25) is 0 Å². The van der Waals surface area contributed by atoms with Gasteiger partial charge in [0.25, 0.3) is 5.69 Å². The van der Waals surface area contributed by atoms with Gasteiger partial charge in [0.05, 0.1) is 16.3 Å². The van der Waals surface area contributed by atoms with E-state index < -0.39 is 0 Å². The number of hydrogen-bond donors (Lipinski definition) is 3. The average molecular weight is 512 g/mol. The van der Waals surface area contributed by atoms with E-state index in [0.717, 1.165) is 39.3 Å². The summed E-state index contributed by atoms with van der Waals surface area (Å²) in [7, 11) is 0.